The molecule has 3 aliphatic heterocycles. The molecule has 2 aromatic rings. The number of hydrogen-bond acceptors (Lipinski definition) is 9. The number of rotatable bonds is 8. The van der Waals surface area contributed by atoms with Gasteiger partial charge in [-0.15, -0.1) is 5.48 Å². The zero-order valence-electron chi connectivity index (χ0n) is 21.5. The van der Waals surface area contributed by atoms with E-state index < -0.39 is 0 Å². The normalized spacial score (nSPS) is 25.4. The van der Waals surface area contributed by atoms with Crippen molar-refractivity contribution in [3.05, 3.63) is 29.7 Å². The first-order valence-corrected chi connectivity index (χ1v) is 13.1. The number of fused-ring (bicyclic) bond motifs is 2. The van der Waals surface area contributed by atoms with Gasteiger partial charge in [-0.05, 0) is 38.3 Å². The smallest absolute Gasteiger partial charge is 0.227 e. The Morgan fingerprint density at radius 1 is 1.11 bits per heavy atom. The van der Waals surface area contributed by atoms with Crippen molar-refractivity contribution in [2.45, 2.75) is 71.0 Å². The minimum atomic E-state index is 0.226. The van der Waals surface area contributed by atoms with Gasteiger partial charge in [0.1, 0.15) is 17.4 Å². The van der Waals surface area contributed by atoms with Crippen LogP contribution in [0.3, 0.4) is 0 Å². The second-order valence-corrected chi connectivity index (χ2v) is 10.2. The van der Waals surface area contributed by atoms with Crippen LogP contribution in [0, 0.1) is 5.92 Å². The third kappa shape index (κ3) is 5.23. The van der Waals surface area contributed by atoms with E-state index in [2.05, 4.69) is 69.1 Å². The molecule has 2 saturated heterocycles. The quantitative estimate of drug-likeness (QED) is 0.450. The molecule has 190 valence electrons. The molecule has 3 unspecified atom stereocenters. The van der Waals surface area contributed by atoms with Crippen molar-refractivity contribution in [2.75, 3.05) is 42.2 Å². The molecule has 6 rings (SSSR count). The second kappa shape index (κ2) is 10.0. The molecule has 3 fully saturated rings. The molecule has 0 spiro atoms. The van der Waals surface area contributed by atoms with E-state index in [-0.39, 0.29) is 6.04 Å². The number of anilines is 4. The fourth-order valence-electron chi connectivity index (χ4n) is 5.01. The number of nitrogens with zero attached hydrogens (tertiary/aromatic N) is 5. The van der Waals surface area contributed by atoms with Crippen molar-refractivity contribution in [1.82, 2.24) is 30.5 Å². The van der Waals surface area contributed by atoms with Gasteiger partial charge in [0, 0.05) is 48.9 Å². The van der Waals surface area contributed by atoms with Gasteiger partial charge in [0.2, 0.25) is 5.95 Å². The molecule has 2 bridgehead atoms. The number of likely N-dealkylation sites (tertiary alicyclic amines) is 1. The molecule has 10 nitrogen and oxygen atoms in total. The molecule has 4 aliphatic rings. The summed E-state index contributed by atoms with van der Waals surface area (Å²) in [4.78, 5) is 20.1. The fourth-order valence-corrected chi connectivity index (χ4v) is 5.01. The highest BCUT2D eigenvalue weighted by Crippen LogP contribution is 2.40. The lowest BCUT2D eigenvalue weighted by atomic mass is 10.1. The number of hydroxylamine groups is 1. The zero-order chi connectivity index (χ0) is 24.5. The van der Waals surface area contributed by atoms with Gasteiger partial charge in [-0.2, -0.15) is 15.1 Å². The van der Waals surface area contributed by atoms with Gasteiger partial charge in [-0.1, -0.05) is 27.7 Å². The van der Waals surface area contributed by atoms with E-state index in [1.54, 1.807) is 0 Å². The van der Waals surface area contributed by atoms with Gasteiger partial charge in [0.05, 0.1) is 12.6 Å². The maximum absolute atomic E-state index is 5.64. The Kier molecular flexibility index (Phi) is 6.84. The van der Waals surface area contributed by atoms with Gasteiger partial charge in [0.15, 0.2) is 5.82 Å². The summed E-state index contributed by atoms with van der Waals surface area (Å²) in [6, 6.07) is 5.46. The summed E-state index contributed by atoms with van der Waals surface area (Å²) in [5.74, 6) is 5.03. The minimum Gasteiger partial charge on any atom is -0.411 e. The first-order chi connectivity index (χ1) is 17.0. The Balaban J connectivity index is 0.00000124. The van der Waals surface area contributed by atoms with Gasteiger partial charge in [0.25, 0.3) is 0 Å². The van der Waals surface area contributed by atoms with Crippen LogP contribution in [0.25, 0.3) is 0 Å². The van der Waals surface area contributed by atoms with Crippen LogP contribution in [0.4, 0.5) is 23.4 Å². The van der Waals surface area contributed by atoms with Gasteiger partial charge in [-0.3, -0.25) is 10.00 Å². The molecule has 10 heteroatoms. The van der Waals surface area contributed by atoms with E-state index in [1.807, 2.05) is 19.9 Å². The first-order valence-electron chi connectivity index (χ1n) is 13.1. The maximum atomic E-state index is 5.64. The fraction of sp³-hybridized carbons (Fsp3) is 0.640. The largest absolute Gasteiger partial charge is 0.411 e. The number of piperazine rings is 1. The predicted molar refractivity (Wildman–Crippen MR) is 139 cm³/mol. The van der Waals surface area contributed by atoms with Crippen molar-refractivity contribution in [3.8, 4) is 0 Å². The molecule has 3 atom stereocenters. The molecule has 0 amide bonds. The molecule has 5 heterocycles. The number of aromatic amines is 1. The van der Waals surface area contributed by atoms with E-state index in [4.69, 9.17) is 14.8 Å². The maximum Gasteiger partial charge on any atom is 0.227 e. The average Bonchev–Trinajstić information content (AvgIpc) is 3.22. The van der Waals surface area contributed by atoms with Crippen molar-refractivity contribution >= 4 is 23.4 Å². The highest BCUT2D eigenvalue weighted by Gasteiger charge is 2.42. The molecule has 0 radical (unpaired) electrons. The summed E-state index contributed by atoms with van der Waals surface area (Å²) in [6.07, 6.45) is 5.80. The Morgan fingerprint density at radius 3 is 2.60 bits per heavy atom. The van der Waals surface area contributed by atoms with Crippen LogP contribution in [0.15, 0.2) is 24.0 Å². The molecule has 4 N–H and O–H groups in total. The minimum absolute atomic E-state index is 0.226. The van der Waals surface area contributed by atoms with Crippen molar-refractivity contribution < 1.29 is 4.84 Å². The lowest BCUT2D eigenvalue weighted by Gasteiger charge is -2.33. The third-order valence-electron chi connectivity index (χ3n) is 7.22. The molecular weight excluding hydrogens is 442 g/mol. The highest BCUT2D eigenvalue weighted by molar-refractivity contribution is 5.61. The Bertz CT molecular complexity index is 1050. The third-order valence-corrected chi connectivity index (χ3v) is 7.22. The van der Waals surface area contributed by atoms with E-state index in [0.717, 1.165) is 36.3 Å². The van der Waals surface area contributed by atoms with Crippen molar-refractivity contribution in [3.63, 3.8) is 0 Å². The van der Waals surface area contributed by atoms with Crippen molar-refractivity contribution in [2.24, 2.45) is 5.92 Å². The van der Waals surface area contributed by atoms with Crippen LogP contribution in [0.2, 0.25) is 0 Å². The van der Waals surface area contributed by atoms with E-state index in [0.29, 0.717) is 36.4 Å². The Morgan fingerprint density at radius 2 is 1.94 bits per heavy atom. The molecule has 1 saturated carbocycles. The average molecular weight is 482 g/mol. The number of H-pyrrole nitrogens is 1. The van der Waals surface area contributed by atoms with Crippen LogP contribution in [-0.2, 0) is 4.84 Å². The summed E-state index contributed by atoms with van der Waals surface area (Å²) in [5.41, 5.74) is 4.27. The van der Waals surface area contributed by atoms with Gasteiger partial charge in [-0.25, -0.2) is 0 Å². The monoisotopic (exact) mass is 481 g/mol. The summed E-state index contributed by atoms with van der Waals surface area (Å²) in [7, 11) is 2.21. The van der Waals surface area contributed by atoms with E-state index >= 15 is 0 Å². The lowest BCUT2D eigenvalue weighted by molar-refractivity contribution is 0.104. The summed E-state index contributed by atoms with van der Waals surface area (Å²) in [5, 5.41) is 14.3. The first kappa shape index (κ1) is 23.9. The standard InChI is InChI=1S/C23H33N9O.C2H6/c1-13(2)18-7-17(33-30-18)10-24-23-26-20(25-21-8-19(28-29-21)14-4-5-14)9-22(27-23)32-12-15-6-16(32)11-31(15)3;1-2/h7-9,13-16,18,30H,4-6,10-12H2,1-3H3,(H3,24,25,26,27,28,29);1-2H3. The zero-order valence-corrected chi connectivity index (χ0v) is 21.5. The lowest BCUT2D eigenvalue weighted by Crippen LogP contribution is -2.45. The highest BCUT2D eigenvalue weighted by atomic mass is 16.7. The second-order valence-electron chi connectivity index (χ2n) is 10.2. The number of hydrogen-bond donors (Lipinski definition) is 4. The number of likely N-dealkylation sites (N-methyl/N-ethyl adjacent to an activating group) is 1. The Labute approximate surface area is 207 Å². The van der Waals surface area contributed by atoms with Crippen molar-refractivity contribution in [1.29, 1.82) is 0 Å². The number of nitrogens with one attached hydrogen (secondary N) is 4. The predicted octanol–water partition coefficient (Wildman–Crippen LogP) is 3.59. The van der Waals surface area contributed by atoms with Gasteiger partial charge < -0.3 is 20.4 Å². The molecule has 35 heavy (non-hydrogen) atoms. The summed E-state index contributed by atoms with van der Waals surface area (Å²) in [6.45, 7) is 10.9. The van der Waals surface area contributed by atoms with Gasteiger partial charge >= 0.3 is 0 Å². The van der Waals surface area contributed by atoms with Crippen LogP contribution >= 0.6 is 0 Å². The summed E-state index contributed by atoms with van der Waals surface area (Å²) < 4.78 is 0. The SMILES string of the molecule is CC.CC(C)C1C=C(CNc2nc(Nc3cc(C4CC4)[nH]n3)cc(N3CC4CC3CN4C)n2)ON1. The van der Waals surface area contributed by atoms with Crippen LogP contribution in [0.1, 0.15) is 58.6 Å². The molecule has 0 aromatic carbocycles. The number of aromatic nitrogens is 4. The Hall–Kier alpha value is -2.85. The molecule has 2 aromatic heterocycles. The molecular formula is C25H39N9O. The van der Waals surface area contributed by atoms with E-state index in [1.165, 1.54) is 25.0 Å². The summed E-state index contributed by atoms with van der Waals surface area (Å²) >= 11 is 0. The molecule has 1 aliphatic carbocycles. The van der Waals surface area contributed by atoms with Crippen LogP contribution < -0.4 is 21.0 Å². The van der Waals surface area contributed by atoms with Crippen LogP contribution in [-0.4, -0.2) is 69.9 Å². The van der Waals surface area contributed by atoms with Crippen LogP contribution in [0.5, 0.6) is 0 Å². The van der Waals surface area contributed by atoms with E-state index in [9.17, 15) is 0 Å². The topological polar surface area (TPSA) is 106 Å².